The molecule has 0 saturated heterocycles. The molecule has 1 unspecified atom stereocenters. The fourth-order valence-electron chi connectivity index (χ4n) is 0.984. The van der Waals surface area contributed by atoms with Crippen LogP contribution in [0.15, 0.2) is 40.1 Å². The quantitative estimate of drug-likeness (QED) is 0.737. The molecular weight excluding hydrogens is 208 g/mol. The van der Waals surface area contributed by atoms with Crippen molar-refractivity contribution in [3.8, 4) is 0 Å². The maximum atomic E-state index is 11.8. The summed E-state index contributed by atoms with van der Waals surface area (Å²) in [5, 5.41) is 1.49. The van der Waals surface area contributed by atoms with Crippen molar-refractivity contribution in [1.82, 2.24) is 0 Å². The highest BCUT2D eigenvalue weighted by Gasteiger charge is 2.03. The molecule has 2 nitrogen and oxygen atoms in total. The standard InChI is InChI=1S/C12H14O2S/c1-9-4-6-12(7-5-9)15(14)8-10(2)11(3)13/h4-8H,1-3H3/b10-8-. The molecule has 0 aromatic heterocycles. The van der Waals surface area contributed by atoms with Gasteiger partial charge in [-0.2, -0.15) is 0 Å². The summed E-state index contributed by atoms with van der Waals surface area (Å²) in [6.45, 7) is 5.12. The van der Waals surface area contributed by atoms with Crippen LogP contribution in [0.25, 0.3) is 0 Å². The summed E-state index contributed by atoms with van der Waals surface area (Å²) in [5.74, 6) is -0.0459. The Kier molecular flexibility index (Phi) is 3.97. The van der Waals surface area contributed by atoms with Gasteiger partial charge in [-0.1, -0.05) is 17.7 Å². The molecule has 15 heavy (non-hydrogen) atoms. The first-order valence-electron chi connectivity index (χ1n) is 4.67. The highest BCUT2D eigenvalue weighted by atomic mass is 32.2. The van der Waals surface area contributed by atoms with Crippen LogP contribution in [0.3, 0.4) is 0 Å². The Morgan fingerprint density at radius 3 is 2.20 bits per heavy atom. The lowest BCUT2D eigenvalue weighted by Crippen LogP contribution is -1.95. The van der Waals surface area contributed by atoms with Crippen molar-refractivity contribution in [1.29, 1.82) is 0 Å². The van der Waals surface area contributed by atoms with Gasteiger partial charge in [-0.25, -0.2) is 4.21 Å². The maximum Gasteiger partial charge on any atom is 0.156 e. The zero-order chi connectivity index (χ0) is 11.4. The average molecular weight is 222 g/mol. The molecule has 3 heteroatoms. The van der Waals surface area contributed by atoms with E-state index >= 15 is 0 Å². The van der Waals surface area contributed by atoms with E-state index in [1.54, 1.807) is 6.92 Å². The van der Waals surface area contributed by atoms with Gasteiger partial charge in [0.25, 0.3) is 0 Å². The molecule has 0 N–H and O–H groups in total. The van der Waals surface area contributed by atoms with Crippen molar-refractivity contribution in [3.05, 3.63) is 40.8 Å². The summed E-state index contributed by atoms with van der Waals surface area (Å²) in [4.78, 5) is 11.7. The van der Waals surface area contributed by atoms with Crippen LogP contribution in [-0.2, 0) is 15.6 Å². The number of Topliss-reactive ketones (excluding diaryl/α,β-unsaturated/α-hetero) is 1. The summed E-state index contributed by atoms with van der Waals surface area (Å²) in [5.41, 5.74) is 1.66. The smallest absolute Gasteiger partial charge is 0.156 e. The van der Waals surface area contributed by atoms with Crippen molar-refractivity contribution < 1.29 is 9.00 Å². The highest BCUT2D eigenvalue weighted by molar-refractivity contribution is 7.88. The average Bonchev–Trinajstić information content (AvgIpc) is 2.18. The van der Waals surface area contributed by atoms with Crippen molar-refractivity contribution in [3.63, 3.8) is 0 Å². The number of benzene rings is 1. The van der Waals surface area contributed by atoms with Gasteiger partial charge >= 0.3 is 0 Å². The van der Waals surface area contributed by atoms with E-state index in [1.807, 2.05) is 31.2 Å². The van der Waals surface area contributed by atoms with Gasteiger partial charge in [0, 0.05) is 15.9 Å². The third kappa shape index (κ3) is 3.44. The van der Waals surface area contributed by atoms with E-state index in [4.69, 9.17) is 0 Å². The summed E-state index contributed by atoms with van der Waals surface area (Å²) in [6, 6.07) is 7.44. The third-order valence-electron chi connectivity index (χ3n) is 2.09. The van der Waals surface area contributed by atoms with Gasteiger partial charge < -0.3 is 0 Å². The number of carbonyl (C=O) groups excluding carboxylic acids is 1. The van der Waals surface area contributed by atoms with Gasteiger partial charge in [-0.05, 0) is 32.9 Å². The fourth-order valence-corrected chi connectivity index (χ4v) is 2.01. The van der Waals surface area contributed by atoms with Crippen LogP contribution < -0.4 is 0 Å². The Labute approximate surface area is 92.5 Å². The molecule has 0 aliphatic rings. The van der Waals surface area contributed by atoms with E-state index in [0.29, 0.717) is 5.57 Å². The van der Waals surface area contributed by atoms with E-state index in [1.165, 1.54) is 12.3 Å². The normalized spacial score (nSPS) is 13.7. The Morgan fingerprint density at radius 2 is 1.73 bits per heavy atom. The topological polar surface area (TPSA) is 34.1 Å². The largest absolute Gasteiger partial charge is 0.295 e. The van der Waals surface area contributed by atoms with Crippen molar-refractivity contribution in [2.24, 2.45) is 0 Å². The molecule has 80 valence electrons. The Bertz CT molecular complexity index is 416. The lowest BCUT2D eigenvalue weighted by atomic mass is 10.2. The second-order valence-electron chi connectivity index (χ2n) is 3.47. The molecule has 0 amide bonds. The van der Waals surface area contributed by atoms with Crippen LogP contribution >= 0.6 is 0 Å². The monoisotopic (exact) mass is 222 g/mol. The molecule has 0 heterocycles. The van der Waals surface area contributed by atoms with Crippen LogP contribution in [0.1, 0.15) is 19.4 Å². The SMILES string of the molecule is CC(=O)/C(C)=C\S(=O)c1ccc(C)cc1. The molecule has 0 aliphatic heterocycles. The molecule has 0 bridgehead atoms. The number of hydrogen-bond acceptors (Lipinski definition) is 2. The van der Waals surface area contributed by atoms with Crippen LogP contribution in [0.4, 0.5) is 0 Å². The van der Waals surface area contributed by atoms with Crippen molar-refractivity contribution in [2.45, 2.75) is 25.7 Å². The number of carbonyl (C=O) groups is 1. The van der Waals surface area contributed by atoms with Crippen LogP contribution in [0.2, 0.25) is 0 Å². The second kappa shape index (κ2) is 5.03. The zero-order valence-corrected chi connectivity index (χ0v) is 9.93. The fraction of sp³-hybridized carbons (Fsp3) is 0.250. The minimum Gasteiger partial charge on any atom is -0.295 e. The van der Waals surface area contributed by atoms with Gasteiger partial charge in [-0.15, -0.1) is 0 Å². The maximum absolute atomic E-state index is 11.8. The lowest BCUT2D eigenvalue weighted by molar-refractivity contribution is -0.113. The predicted molar refractivity (Wildman–Crippen MR) is 62.0 cm³/mol. The molecule has 0 radical (unpaired) electrons. The lowest BCUT2D eigenvalue weighted by Gasteiger charge is -1.99. The van der Waals surface area contributed by atoms with E-state index in [0.717, 1.165) is 10.5 Å². The molecule has 0 saturated carbocycles. The van der Waals surface area contributed by atoms with Gasteiger partial charge in [0.1, 0.15) is 0 Å². The van der Waals surface area contributed by atoms with E-state index in [2.05, 4.69) is 0 Å². The molecule has 1 atom stereocenters. The Balaban J connectivity index is 2.91. The predicted octanol–water partition coefficient (Wildman–Crippen LogP) is 2.60. The summed E-state index contributed by atoms with van der Waals surface area (Å²) in [6.07, 6.45) is 0. The third-order valence-corrected chi connectivity index (χ3v) is 3.40. The van der Waals surface area contributed by atoms with E-state index in [-0.39, 0.29) is 5.78 Å². The summed E-state index contributed by atoms with van der Waals surface area (Å²) >= 11 is 0. The second-order valence-corrected chi connectivity index (χ2v) is 4.77. The van der Waals surface area contributed by atoms with Crippen molar-refractivity contribution >= 4 is 16.6 Å². The van der Waals surface area contributed by atoms with Gasteiger partial charge in [0.15, 0.2) is 5.78 Å². The van der Waals surface area contributed by atoms with Gasteiger partial charge in [0.05, 0.1) is 10.8 Å². The first-order chi connectivity index (χ1) is 7.00. The summed E-state index contributed by atoms with van der Waals surface area (Å²) in [7, 11) is -1.23. The molecular formula is C12H14O2S. The highest BCUT2D eigenvalue weighted by Crippen LogP contribution is 2.11. The molecule has 0 spiro atoms. The van der Waals surface area contributed by atoms with E-state index in [9.17, 15) is 9.00 Å². The Hall–Kier alpha value is -1.22. The number of hydrogen-bond donors (Lipinski definition) is 0. The first-order valence-corrected chi connectivity index (χ1v) is 5.88. The first kappa shape index (κ1) is 11.9. The minimum absolute atomic E-state index is 0.0459. The van der Waals surface area contributed by atoms with E-state index < -0.39 is 10.8 Å². The molecule has 1 aromatic carbocycles. The number of rotatable bonds is 3. The number of ketones is 1. The zero-order valence-electron chi connectivity index (χ0n) is 9.11. The van der Waals surface area contributed by atoms with Crippen LogP contribution in [0, 0.1) is 6.92 Å². The Morgan fingerprint density at radius 1 is 1.20 bits per heavy atom. The van der Waals surface area contributed by atoms with Gasteiger partial charge in [0.2, 0.25) is 0 Å². The number of allylic oxidation sites excluding steroid dienone is 1. The number of aryl methyl sites for hydroxylation is 1. The summed E-state index contributed by atoms with van der Waals surface area (Å²) < 4.78 is 11.8. The molecule has 1 aromatic rings. The van der Waals surface area contributed by atoms with Crippen molar-refractivity contribution in [2.75, 3.05) is 0 Å². The van der Waals surface area contributed by atoms with Gasteiger partial charge in [-0.3, -0.25) is 4.79 Å². The van der Waals surface area contributed by atoms with Crippen LogP contribution in [0.5, 0.6) is 0 Å². The molecule has 0 fully saturated rings. The molecule has 0 aliphatic carbocycles. The molecule has 1 rings (SSSR count). The van der Waals surface area contributed by atoms with Crippen LogP contribution in [-0.4, -0.2) is 9.99 Å². The minimum atomic E-state index is -1.23.